The van der Waals surface area contributed by atoms with Crippen LogP contribution < -0.4 is 9.64 Å². The highest BCUT2D eigenvalue weighted by atomic mass is 32.2. The number of thioether (sulfide) groups is 1. The first kappa shape index (κ1) is 18.6. The van der Waals surface area contributed by atoms with Gasteiger partial charge in [-0.3, -0.25) is 4.79 Å². The van der Waals surface area contributed by atoms with Gasteiger partial charge in [0, 0.05) is 24.3 Å². The topological polar surface area (TPSA) is 60.3 Å². The smallest absolute Gasteiger partial charge is 0.237 e. The number of aromatic nitrogens is 3. The molecule has 3 aromatic rings. The fraction of sp³-hybridized carbons (Fsp3) is 0.286. The SMILES string of the molecule is COc1ccc(-c2nnc(SCC(=O)N3c4ccccc4C[C@H]3C)n2C)cc1. The van der Waals surface area contributed by atoms with E-state index < -0.39 is 0 Å². The lowest BCUT2D eigenvalue weighted by molar-refractivity contribution is -0.116. The summed E-state index contributed by atoms with van der Waals surface area (Å²) in [6.45, 7) is 2.09. The molecule has 7 heteroatoms. The summed E-state index contributed by atoms with van der Waals surface area (Å²) in [4.78, 5) is 14.8. The highest BCUT2D eigenvalue weighted by molar-refractivity contribution is 7.99. The fourth-order valence-electron chi connectivity index (χ4n) is 3.57. The molecule has 0 saturated heterocycles. The maximum Gasteiger partial charge on any atom is 0.237 e. The van der Waals surface area contributed by atoms with Crippen LogP contribution in [0.5, 0.6) is 5.75 Å². The highest BCUT2D eigenvalue weighted by Gasteiger charge is 2.30. The number of nitrogens with zero attached hydrogens (tertiary/aromatic N) is 4. The van der Waals surface area contributed by atoms with Crippen LogP contribution in [0.15, 0.2) is 53.7 Å². The zero-order chi connectivity index (χ0) is 19.7. The highest BCUT2D eigenvalue weighted by Crippen LogP contribution is 2.33. The summed E-state index contributed by atoms with van der Waals surface area (Å²) < 4.78 is 7.12. The molecule has 0 spiro atoms. The van der Waals surface area contributed by atoms with Crippen molar-refractivity contribution in [2.24, 2.45) is 7.05 Å². The van der Waals surface area contributed by atoms with Crippen LogP contribution in [0, 0.1) is 0 Å². The number of carbonyl (C=O) groups is 1. The van der Waals surface area contributed by atoms with Gasteiger partial charge in [0.2, 0.25) is 5.91 Å². The van der Waals surface area contributed by atoms with E-state index in [9.17, 15) is 4.79 Å². The molecule has 4 rings (SSSR count). The Morgan fingerprint density at radius 2 is 1.93 bits per heavy atom. The molecule has 1 aliphatic heterocycles. The molecule has 0 N–H and O–H groups in total. The van der Waals surface area contributed by atoms with Gasteiger partial charge in [0.1, 0.15) is 5.75 Å². The molecule has 1 aromatic heterocycles. The number of fused-ring (bicyclic) bond motifs is 1. The Hall–Kier alpha value is -2.80. The van der Waals surface area contributed by atoms with E-state index >= 15 is 0 Å². The minimum Gasteiger partial charge on any atom is -0.497 e. The van der Waals surface area contributed by atoms with Crippen LogP contribution >= 0.6 is 11.8 Å². The molecule has 1 aliphatic rings. The number of anilines is 1. The molecule has 0 saturated carbocycles. The van der Waals surface area contributed by atoms with Gasteiger partial charge >= 0.3 is 0 Å². The van der Waals surface area contributed by atoms with Crippen LogP contribution in [-0.4, -0.2) is 39.6 Å². The number of methoxy groups -OCH3 is 1. The maximum absolute atomic E-state index is 12.9. The van der Waals surface area contributed by atoms with Crippen molar-refractivity contribution in [2.45, 2.75) is 24.5 Å². The number of carbonyl (C=O) groups excluding carboxylic acids is 1. The minimum absolute atomic E-state index is 0.0939. The van der Waals surface area contributed by atoms with Crippen LogP contribution in [0.3, 0.4) is 0 Å². The lowest BCUT2D eigenvalue weighted by Gasteiger charge is -2.22. The Morgan fingerprint density at radius 1 is 1.18 bits per heavy atom. The second kappa shape index (κ2) is 7.67. The maximum atomic E-state index is 12.9. The Labute approximate surface area is 168 Å². The van der Waals surface area contributed by atoms with E-state index in [-0.39, 0.29) is 11.9 Å². The first-order valence-electron chi connectivity index (χ1n) is 9.15. The largest absolute Gasteiger partial charge is 0.497 e. The lowest BCUT2D eigenvalue weighted by atomic mass is 10.1. The van der Waals surface area contributed by atoms with Crippen molar-refractivity contribution >= 4 is 23.4 Å². The zero-order valence-electron chi connectivity index (χ0n) is 16.1. The van der Waals surface area contributed by atoms with Crippen LogP contribution in [0.2, 0.25) is 0 Å². The van der Waals surface area contributed by atoms with Gasteiger partial charge in [0.05, 0.1) is 12.9 Å². The van der Waals surface area contributed by atoms with Gasteiger partial charge in [0.25, 0.3) is 0 Å². The molecule has 0 aliphatic carbocycles. The molecule has 0 fully saturated rings. The third-order valence-electron chi connectivity index (χ3n) is 4.98. The molecule has 2 aromatic carbocycles. The molecule has 1 atom stereocenters. The molecule has 28 heavy (non-hydrogen) atoms. The predicted octanol–water partition coefficient (Wildman–Crippen LogP) is 3.56. The molecule has 144 valence electrons. The second-order valence-electron chi connectivity index (χ2n) is 6.83. The Morgan fingerprint density at radius 3 is 2.68 bits per heavy atom. The number of benzene rings is 2. The normalized spacial score (nSPS) is 15.5. The number of rotatable bonds is 5. The van der Waals surface area contributed by atoms with Crippen molar-refractivity contribution in [3.8, 4) is 17.1 Å². The van der Waals surface area contributed by atoms with Crippen LogP contribution in [-0.2, 0) is 18.3 Å². The van der Waals surface area contributed by atoms with Crippen LogP contribution in [0.4, 0.5) is 5.69 Å². The molecular weight excluding hydrogens is 372 g/mol. The average molecular weight is 395 g/mol. The van der Waals surface area contributed by atoms with Crippen molar-refractivity contribution in [3.63, 3.8) is 0 Å². The van der Waals surface area contributed by atoms with Crippen LogP contribution in [0.25, 0.3) is 11.4 Å². The van der Waals surface area contributed by atoms with Crippen molar-refractivity contribution in [1.29, 1.82) is 0 Å². The number of hydrogen-bond acceptors (Lipinski definition) is 5. The van der Waals surface area contributed by atoms with Gasteiger partial charge in [0.15, 0.2) is 11.0 Å². The second-order valence-corrected chi connectivity index (χ2v) is 7.77. The number of hydrogen-bond donors (Lipinski definition) is 0. The number of para-hydroxylation sites is 1. The summed E-state index contributed by atoms with van der Waals surface area (Å²) in [5, 5.41) is 9.29. The Bertz CT molecular complexity index is 1000. The summed E-state index contributed by atoms with van der Waals surface area (Å²) in [5.41, 5.74) is 3.21. The lowest BCUT2D eigenvalue weighted by Crippen LogP contribution is -2.37. The van der Waals surface area contributed by atoms with E-state index in [1.165, 1.54) is 17.3 Å². The van der Waals surface area contributed by atoms with Crippen molar-refractivity contribution in [1.82, 2.24) is 14.8 Å². The zero-order valence-corrected chi connectivity index (χ0v) is 16.9. The van der Waals surface area contributed by atoms with Gasteiger partial charge in [-0.25, -0.2) is 0 Å². The summed E-state index contributed by atoms with van der Waals surface area (Å²) in [6, 6.07) is 16.0. The predicted molar refractivity (Wildman–Crippen MR) is 111 cm³/mol. The van der Waals surface area contributed by atoms with Crippen molar-refractivity contribution in [3.05, 3.63) is 54.1 Å². The summed E-state index contributed by atoms with van der Waals surface area (Å²) in [6.07, 6.45) is 0.901. The van der Waals surface area contributed by atoms with Crippen molar-refractivity contribution < 1.29 is 9.53 Å². The third-order valence-corrected chi connectivity index (χ3v) is 5.99. The van der Waals surface area contributed by atoms with Crippen LogP contribution in [0.1, 0.15) is 12.5 Å². The molecular formula is C21H22N4O2S. The fourth-order valence-corrected chi connectivity index (χ4v) is 4.34. The molecule has 2 heterocycles. The van der Waals surface area contributed by atoms with E-state index in [1.54, 1.807) is 7.11 Å². The van der Waals surface area contributed by atoms with Gasteiger partial charge in [-0.15, -0.1) is 10.2 Å². The standard InChI is InChI=1S/C21H22N4O2S/c1-14-12-16-6-4-5-7-18(16)25(14)19(26)13-28-21-23-22-20(24(21)2)15-8-10-17(27-3)11-9-15/h4-11,14H,12-13H2,1-3H3/t14-/m1/s1. The first-order chi connectivity index (χ1) is 13.6. The summed E-state index contributed by atoms with van der Waals surface area (Å²) in [5.74, 6) is 1.98. The Kier molecular flexibility index (Phi) is 5.09. The Balaban J connectivity index is 1.47. The van der Waals surface area contributed by atoms with E-state index in [2.05, 4.69) is 23.2 Å². The monoisotopic (exact) mass is 394 g/mol. The molecule has 0 unspecified atom stereocenters. The quantitative estimate of drug-likeness (QED) is 0.619. The summed E-state index contributed by atoms with van der Waals surface area (Å²) in [7, 11) is 3.56. The molecule has 6 nitrogen and oxygen atoms in total. The van der Waals surface area contributed by atoms with E-state index in [0.717, 1.165) is 34.4 Å². The van der Waals surface area contributed by atoms with E-state index in [1.807, 2.05) is 59.0 Å². The first-order valence-corrected chi connectivity index (χ1v) is 10.1. The number of amides is 1. The van der Waals surface area contributed by atoms with Gasteiger partial charge in [-0.2, -0.15) is 0 Å². The third kappa shape index (κ3) is 3.38. The summed E-state index contributed by atoms with van der Waals surface area (Å²) >= 11 is 1.42. The van der Waals surface area contributed by atoms with E-state index in [0.29, 0.717) is 5.75 Å². The van der Waals surface area contributed by atoms with Gasteiger partial charge < -0.3 is 14.2 Å². The molecule has 0 radical (unpaired) electrons. The minimum atomic E-state index is 0.0939. The van der Waals surface area contributed by atoms with E-state index in [4.69, 9.17) is 4.74 Å². The molecule has 0 bridgehead atoms. The van der Waals surface area contributed by atoms with Crippen molar-refractivity contribution in [2.75, 3.05) is 17.8 Å². The average Bonchev–Trinajstić information content (AvgIpc) is 3.25. The molecule has 1 amide bonds. The van der Waals surface area contributed by atoms with Gasteiger partial charge in [-0.05, 0) is 49.2 Å². The van der Waals surface area contributed by atoms with Gasteiger partial charge in [-0.1, -0.05) is 30.0 Å². The number of ether oxygens (including phenoxy) is 1.